The highest BCUT2D eigenvalue weighted by molar-refractivity contribution is 9.10. The quantitative estimate of drug-likeness (QED) is 0.394. The van der Waals surface area contributed by atoms with Crippen LogP contribution < -0.4 is 0 Å². The average Bonchev–Trinajstić information content (AvgIpc) is 3.34. The molecule has 158 valence electrons. The summed E-state index contributed by atoms with van der Waals surface area (Å²) in [6, 6.07) is 10.3. The van der Waals surface area contributed by atoms with Gasteiger partial charge in [0.05, 0.1) is 27.6 Å². The van der Waals surface area contributed by atoms with Crippen molar-refractivity contribution in [1.82, 2.24) is 9.78 Å². The van der Waals surface area contributed by atoms with Gasteiger partial charge >= 0.3 is 6.18 Å². The maximum Gasteiger partial charge on any atom is 0.435 e. The zero-order chi connectivity index (χ0) is 22.4. The molecule has 1 atom stereocenters. The van der Waals surface area contributed by atoms with Gasteiger partial charge in [-0.25, -0.2) is 4.68 Å². The van der Waals surface area contributed by atoms with Crippen molar-refractivity contribution >= 4 is 44.8 Å². The van der Waals surface area contributed by atoms with Crippen LogP contribution in [0, 0.1) is 11.3 Å². The number of benzene rings is 2. The van der Waals surface area contributed by atoms with Gasteiger partial charge in [-0.15, -0.1) is 0 Å². The number of hydrogen-bond acceptors (Lipinski definition) is 4. The molecule has 1 aromatic heterocycles. The fourth-order valence-electron chi connectivity index (χ4n) is 3.28. The summed E-state index contributed by atoms with van der Waals surface area (Å²) in [7, 11) is 0. The second-order valence-corrected chi connectivity index (χ2v) is 8.52. The Hall–Kier alpha value is -2.54. The molecule has 1 unspecified atom stereocenters. The number of aromatic nitrogens is 2. The fourth-order valence-corrected chi connectivity index (χ4v) is 4.09. The first-order valence-electron chi connectivity index (χ1n) is 8.66. The molecule has 0 saturated heterocycles. The lowest BCUT2D eigenvalue weighted by atomic mass is 9.86. The van der Waals surface area contributed by atoms with Crippen LogP contribution in [-0.4, -0.2) is 21.7 Å². The van der Waals surface area contributed by atoms with Gasteiger partial charge in [0.25, 0.3) is 5.60 Å². The number of alkyl halides is 3. The summed E-state index contributed by atoms with van der Waals surface area (Å²) in [6.45, 7) is 0. The predicted molar refractivity (Wildman–Crippen MR) is 112 cm³/mol. The lowest BCUT2D eigenvalue weighted by Gasteiger charge is -2.29. The van der Waals surface area contributed by atoms with Crippen LogP contribution in [0.3, 0.4) is 0 Å². The van der Waals surface area contributed by atoms with Crippen molar-refractivity contribution in [2.24, 2.45) is 5.16 Å². The fraction of sp³-hybridized carbons (Fsp3) is 0.150. The van der Waals surface area contributed by atoms with Crippen LogP contribution in [0.25, 0.3) is 5.69 Å². The molecule has 31 heavy (non-hydrogen) atoms. The van der Waals surface area contributed by atoms with Gasteiger partial charge in [0.1, 0.15) is 6.07 Å². The van der Waals surface area contributed by atoms with Gasteiger partial charge in [0.15, 0.2) is 0 Å². The van der Waals surface area contributed by atoms with E-state index in [2.05, 4.69) is 26.2 Å². The Bertz CT molecular complexity index is 1230. The van der Waals surface area contributed by atoms with Crippen LogP contribution in [-0.2, 0) is 10.4 Å². The van der Waals surface area contributed by atoms with E-state index in [1.807, 2.05) is 6.07 Å². The number of halogens is 6. The van der Waals surface area contributed by atoms with Gasteiger partial charge in [-0.2, -0.15) is 23.5 Å². The van der Waals surface area contributed by atoms with Crippen LogP contribution in [0.5, 0.6) is 0 Å². The zero-order valence-electron chi connectivity index (χ0n) is 15.3. The standard InChI is InChI=1S/C20H10BrCl2F3N4O/c21-14-9-28-30(10-14)18-2-1-11(3-12(18)8-27)17-7-19(31-29-17,20(24,25)26)13-4-15(22)6-16(23)5-13/h1-6,9-10H,7H2. The Morgan fingerprint density at radius 1 is 1.16 bits per heavy atom. The summed E-state index contributed by atoms with van der Waals surface area (Å²) in [6.07, 6.45) is -2.20. The van der Waals surface area contributed by atoms with Crippen LogP contribution >= 0.6 is 39.1 Å². The molecule has 11 heteroatoms. The minimum atomic E-state index is -4.80. The smallest absolute Gasteiger partial charge is 0.374 e. The molecule has 0 amide bonds. The molecule has 0 bridgehead atoms. The first-order valence-corrected chi connectivity index (χ1v) is 10.2. The number of rotatable bonds is 3. The van der Waals surface area contributed by atoms with Crippen molar-refractivity contribution in [3.8, 4) is 11.8 Å². The molecule has 2 heterocycles. The van der Waals surface area contributed by atoms with E-state index in [4.69, 9.17) is 28.0 Å². The maximum atomic E-state index is 14.1. The van der Waals surface area contributed by atoms with Gasteiger partial charge in [0, 0.05) is 33.8 Å². The molecule has 3 aromatic rings. The Labute approximate surface area is 192 Å². The number of nitriles is 1. The van der Waals surface area contributed by atoms with Gasteiger partial charge in [-0.05, 0) is 46.3 Å². The first kappa shape index (κ1) is 21.7. The predicted octanol–water partition coefficient (Wildman–Crippen LogP) is 6.40. The van der Waals surface area contributed by atoms with E-state index in [-0.39, 0.29) is 26.9 Å². The highest BCUT2D eigenvalue weighted by Crippen LogP contribution is 2.49. The SMILES string of the molecule is N#Cc1cc(C2=NOC(c3cc(Cl)cc(Cl)c3)(C(F)(F)F)C2)ccc1-n1cc(Br)cn1. The molecule has 0 fully saturated rings. The summed E-state index contributed by atoms with van der Waals surface area (Å²) < 4.78 is 44.6. The zero-order valence-corrected chi connectivity index (χ0v) is 18.4. The maximum absolute atomic E-state index is 14.1. The summed E-state index contributed by atoms with van der Waals surface area (Å²) in [5.41, 5.74) is -1.94. The molecule has 5 nitrogen and oxygen atoms in total. The Balaban J connectivity index is 1.73. The molecule has 1 aliphatic heterocycles. The van der Waals surface area contributed by atoms with E-state index in [9.17, 15) is 18.4 Å². The molecule has 1 aliphatic rings. The van der Waals surface area contributed by atoms with E-state index < -0.39 is 18.2 Å². The lowest BCUT2D eigenvalue weighted by Crippen LogP contribution is -2.42. The molecule has 0 aliphatic carbocycles. The third-order valence-corrected chi connectivity index (χ3v) is 5.61. The third kappa shape index (κ3) is 3.91. The van der Waals surface area contributed by atoms with E-state index in [0.29, 0.717) is 15.7 Å². The molecule has 0 saturated carbocycles. The second-order valence-electron chi connectivity index (χ2n) is 6.74. The highest BCUT2D eigenvalue weighted by Gasteiger charge is 2.62. The second kappa shape index (κ2) is 7.86. The highest BCUT2D eigenvalue weighted by atomic mass is 79.9. The van der Waals surface area contributed by atoms with Crippen LogP contribution in [0.4, 0.5) is 13.2 Å². The van der Waals surface area contributed by atoms with Crippen molar-refractivity contribution in [2.45, 2.75) is 18.2 Å². The number of hydrogen-bond donors (Lipinski definition) is 0. The van der Waals surface area contributed by atoms with Gasteiger partial charge in [0.2, 0.25) is 0 Å². The van der Waals surface area contributed by atoms with E-state index >= 15 is 0 Å². The monoisotopic (exact) mass is 528 g/mol. The van der Waals surface area contributed by atoms with Crippen molar-refractivity contribution in [2.75, 3.05) is 0 Å². The van der Waals surface area contributed by atoms with Crippen LogP contribution in [0.15, 0.2) is 58.4 Å². The van der Waals surface area contributed by atoms with Gasteiger partial charge in [-0.3, -0.25) is 0 Å². The van der Waals surface area contributed by atoms with E-state index in [1.54, 1.807) is 24.5 Å². The molecule has 4 rings (SSSR count). The molecule has 0 radical (unpaired) electrons. The van der Waals surface area contributed by atoms with Crippen LogP contribution in [0.2, 0.25) is 10.0 Å². The molecule has 0 N–H and O–H groups in total. The Morgan fingerprint density at radius 2 is 1.87 bits per heavy atom. The largest absolute Gasteiger partial charge is 0.435 e. The number of oxime groups is 1. The third-order valence-electron chi connectivity index (χ3n) is 4.76. The first-order chi connectivity index (χ1) is 14.6. The number of nitrogens with zero attached hydrogens (tertiary/aromatic N) is 4. The summed E-state index contributed by atoms with van der Waals surface area (Å²) in [4.78, 5) is 5.00. The molecule has 2 aromatic carbocycles. The summed E-state index contributed by atoms with van der Waals surface area (Å²) in [5.74, 6) is 0. The lowest BCUT2D eigenvalue weighted by molar-refractivity contribution is -0.275. The van der Waals surface area contributed by atoms with Crippen molar-refractivity contribution in [3.63, 3.8) is 0 Å². The summed E-state index contributed by atoms with van der Waals surface area (Å²) in [5, 5.41) is 17.5. The van der Waals surface area contributed by atoms with Crippen LogP contribution in [0.1, 0.15) is 23.1 Å². The topological polar surface area (TPSA) is 63.2 Å². The molecule has 0 spiro atoms. The molecular weight excluding hydrogens is 520 g/mol. The van der Waals surface area contributed by atoms with Crippen molar-refractivity contribution in [3.05, 3.63) is 80.0 Å². The van der Waals surface area contributed by atoms with Gasteiger partial charge in [-0.1, -0.05) is 34.4 Å². The van der Waals surface area contributed by atoms with Crippen molar-refractivity contribution in [1.29, 1.82) is 5.26 Å². The summed E-state index contributed by atoms with van der Waals surface area (Å²) >= 11 is 15.1. The minimum Gasteiger partial charge on any atom is -0.374 e. The van der Waals surface area contributed by atoms with E-state index in [0.717, 1.165) is 12.1 Å². The van der Waals surface area contributed by atoms with Gasteiger partial charge < -0.3 is 4.84 Å². The average molecular weight is 530 g/mol. The Morgan fingerprint density at radius 3 is 2.45 bits per heavy atom. The molecular formula is C20H10BrCl2F3N4O. The normalized spacial score (nSPS) is 18.4. The Kier molecular flexibility index (Phi) is 5.50. The minimum absolute atomic E-state index is 0.0399. The van der Waals surface area contributed by atoms with E-state index in [1.165, 1.54) is 16.8 Å². The van der Waals surface area contributed by atoms with Crippen molar-refractivity contribution < 1.29 is 18.0 Å².